The van der Waals surface area contributed by atoms with Gasteiger partial charge in [-0.15, -0.1) is 0 Å². The lowest BCUT2D eigenvalue weighted by atomic mass is 10.0. The first-order valence-electron chi connectivity index (χ1n) is 5.68. The van der Waals surface area contributed by atoms with Crippen LogP contribution in [0.2, 0.25) is 0 Å². The van der Waals surface area contributed by atoms with E-state index in [9.17, 15) is 0 Å². The van der Waals surface area contributed by atoms with Gasteiger partial charge in [0, 0.05) is 23.6 Å². The van der Waals surface area contributed by atoms with Gasteiger partial charge < -0.3 is 5.32 Å². The Labute approximate surface area is 86.0 Å². The topological polar surface area (TPSA) is 12.0 Å². The Hall–Kier alpha value is 0.310. The Morgan fingerprint density at radius 1 is 1.00 bits per heavy atom. The van der Waals surface area contributed by atoms with Crippen LogP contribution in [0, 0.1) is 5.92 Å². The number of thioether (sulfide) groups is 1. The van der Waals surface area contributed by atoms with Crippen LogP contribution in [0.15, 0.2) is 0 Å². The van der Waals surface area contributed by atoms with E-state index in [0.29, 0.717) is 0 Å². The summed E-state index contributed by atoms with van der Waals surface area (Å²) < 4.78 is 0. The van der Waals surface area contributed by atoms with Crippen LogP contribution in [0.3, 0.4) is 0 Å². The number of nitrogens with one attached hydrogen (secondary N) is 1. The summed E-state index contributed by atoms with van der Waals surface area (Å²) in [6.07, 6.45) is 7.18. The van der Waals surface area contributed by atoms with Gasteiger partial charge in [-0.1, -0.05) is 19.8 Å². The molecule has 1 N–H and O–H groups in total. The molecule has 2 aliphatic rings. The first kappa shape index (κ1) is 9.85. The van der Waals surface area contributed by atoms with E-state index in [2.05, 4.69) is 24.0 Å². The van der Waals surface area contributed by atoms with Crippen molar-refractivity contribution in [2.24, 2.45) is 5.92 Å². The molecule has 13 heavy (non-hydrogen) atoms. The molecule has 2 fully saturated rings. The average molecular weight is 199 g/mol. The smallest absolute Gasteiger partial charge is 0.0251 e. The minimum absolute atomic E-state index is 0.843. The Balaban J connectivity index is 1.71. The van der Waals surface area contributed by atoms with Gasteiger partial charge in [-0.2, -0.15) is 11.8 Å². The molecular weight excluding hydrogens is 178 g/mol. The largest absolute Gasteiger partial charge is 0.310 e. The van der Waals surface area contributed by atoms with E-state index in [1.165, 1.54) is 43.6 Å². The van der Waals surface area contributed by atoms with Crippen molar-refractivity contribution in [3.05, 3.63) is 0 Å². The van der Waals surface area contributed by atoms with Gasteiger partial charge in [0.25, 0.3) is 0 Å². The molecule has 1 aliphatic carbocycles. The highest BCUT2D eigenvalue weighted by atomic mass is 32.2. The summed E-state index contributed by atoms with van der Waals surface area (Å²) in [5.41, 5.74) is 0. The van der Waals surface area contributed by atoms with Crippen LogP contribution in [-0.2, 0) is 0 Å². The van der Waals surface area contributed by atoms with E-state index < -0.39 is 0 Å². The van der Waals surface area contributed by atoms with Crippen LogP contribution in [-0.4, -0.2) is 23.6 Å². The van der Waals surface area contributed by atoms with Gasteiger partial charge in [0.05, 0.1) is 0 Å². The number of rotatable bonds is 2. The van der Waals surface area contributed by atoms with Gasteiger partial charge in [0.15, 0.2) is 0 Å². The molecule has 76 valence electrons. The molecule has 0 aromatic rings. The van der Waals surface area contributed by atoms with Crippen molar-refractivity contribution in [2.45, 2.75) is 51.1 Å². The lowest BCUT2D eigenvalue weighted by Crippen LogP contribution is -2.45. The van der Waals surface area contributed by atoms with Crippen LogP contribution in [0.4, 0.5) is 0 Å². The fraction of sp³-hybridized carbons (Fsp3) is 1.00. The first-order valence-corrected chi connectivity index (χ1v) is 6.84. The molecule has 0 aromatic heterocycles. The van der Waals surface area contributed by atoms with Gasteiger partial charge in [-0.3, -0.25) is 0 Å². The zero-order valence-corrected chi connectivity index (χ0v) is 9.41. The molecule has 2 atom stereocenters. The summed E-state index contributed by atoms with van der Waals surface area (Å²) in [5, 5.41) is 3.80. The number of hydrogen-bond donors (Lipinski definition) is 1. The van der Waals surface area contributed by atoms with E-state index >= 15 is 0 Å². The molecule has 1 nitrogen and oxygen atoms in total. The van der Waals surface area contributed by atoms with Crippen molar-refractivity contribution in [1.29, 1.82) is 0 Å². The predicted octanol–water partition coefficient (Wildman–Crippen LogP) is 2.66. The SMILES string of the molecule is CC1CCCC(NC2CSC2)CC1. The quantitative estimate of drug-likeness (QED) is 0.686. The fourth-order valence-electron chi connectivity index (χ4n) is 2.32. The van der Waals surface area contributed by atoms with Crippen LogP contribution in [0.25, 0.3) is 0 Å². The Morgan fingerprint density at radius 3 is 2.54 bits per heavy atom. The molecule has 0 aromatic carbocycles. The first-order chi connectivity index (χ1) is 6.34. The van der Waals surface area contributed by atoms with Crippen molar-refractivity contribution in [3.8, 4) is 0 Å². The maximum absolute atomic E-state index is 3.80. The molecule has 2 heteroatoms. The van der Waals surface area contributed by atoms with E-state index in [-0.39, 0.29) is 0 Å². The Bertz CT molecular complexity index is 156. The maximum atomic E-state index is 3.80. The third kappa shape index (κ3) is 2.88. The minimum Gasteiger partial charge on any atom is -0.310 e. The molecule has 1 saturated heterocycles. The second-order valence-electron chi connectivity index (χ2n) is 4.71. The van der Waals surface area contributed by atoms with Crippen LogP contribution in [0.1, 0.15) is 39.0 Å². The molecule has 0 spiro atoms. The summed E-state index contributed by atoms with van der Waals surface area (Å²) in [5.74, 6) is 3.68. The van der Waals surface area contributed by atoms with Crippen molar-refractivity contribution in [3.63, 3.8) is 0 Å². The van der Waals surface area contributed by atoms with E-state index in [1.807, 2.05) is 0 Å². The second kappa shape index (κ2) is 4.70. The van der Waals surface area contributed by atoms with Gasteiger partial charge in [-0.05, 0) is 25.2 Å². The average Bonchev–Trinajstić information content (AvgIpc) is 2.23. The monoisotopic (exact) mass is 199 g/mol. The highest BCUT2D eigenvalue weighted by molar-refractivity contribution is 8.00. The molecular formula is C11H21NS. The molecule has 2 unspecified atom stereocenters. The molecule has 1 saturated carbocycles. The van der Waals surface area contributed by atoms with Crippen molar-refractivity contribution < 1.29 is 0 Å². The summed E-state index contributed by atoms with van der Waals surface area (Å²) in [6, 6.07) is 1.69. The summed E-state index contributed by atoms with van der Waals surface area (Å²) in [6.45, 7) is 2.40. The molecule has 0 radical (unpaired) electrons. The Morgan fingerprint density at radius 2 is 1.85 bits per heavy atom. The van der Waals surface area contributed by atoms with Crippen LogP contribution < -0.4 is 5.32 Å². The number of hydrogen-bond acceptors (Lipinski definition) is 2. The van der Waals surface area contributed by atoms with Gasteiger partial charge in [0.1, 0.15) is 0 Å². The predicted molar refractivity (Wildman–Crippen MR) is 60.3 cm³/mol. The van der Waals surface area contributed by atoms with Gasteiger partial charge in [-0.25, -0.2) is 0 Å². The zero-order chi connectivity index (χ0) is 9.10. The van der Waals surface area contributed by atoms with Crippen LogP contribution in [0.5, 0.6) is 0 Å². The van der Waals surface area contributed by atoms with Crippen molar-refractivity contribution in [1.82, 2.24) is 5.32 Å². The fourth-order valence-corrected chi connectivity index (χ4v) is 2.98. The molecule has 1 aliphatic heterocycles. The van der Waals surface area contributed by atoms with Gasteiger partial charge in [0.2, 0.25) is 0 Å². The molecule has 1 heterocycles. The highest BCUT2D eigenvalue weighted by Gasteiger charge is 2.23. The summed E-state index contributed by atoms with van der Waals surface area (Å²) in [7, 11) is 0. The lowest BCUT2D eigenvalue weighted by molar-refractivity contribution is 0.414. The summed E-state index contributed by atoms with van der Waals surface area (Å²) >= 11 is 2.08. The molecule has 0 amide bonds. The lowest BCUT2D eigenvalue weighted by Gasteiger charge is -2.30. The second-order valence-corrected chi connectivity index (χ2v) is 5.79. The van der Waals surface area contributed by atoms with Crippen molar-refractivity contribution in [2.75, 3.05) is 11.5 Å². The zero-order valence-electron chi connectivity index (χ0n) is 8.59. The Kier molecular flexibility index (Phi) is 3.56. The standard InChI is InChI=1S/C11H21NS/c1-9-3-2-4-10(6-5-9)12-11-7-13-8-11/h9-12H,2-8H2,1H3. The van der Waals surface area contributed by atoms with E-state index in [0.717, 1.165) is 18.0 Å². The third-order valence-electron chi connectivity index (χ3n) is 3.37. The van der Waals surface area contributed by atoms with E-state index in [4.69, 9.17) is 0 Å². The maximum Gasteiger partial charge on any atom is 0.0251 e. The third-order valence-corrected chi connectivity index (χ3v) is 4.64. The van der Waals surface area contributed by atoms with Gasteiger partial charge >= 0.3 is 0 Å². The van der Waals surface area contributed by atoms with E-state index in [1.54, 1.807) is 0 Å². The minimum atomic E-state index is 0.843. The van der Waals surface area contributed by atoms with Crippen LogP contribution >= 0.6 is 11.8 Å². The highest BCUT2D eigenvalue weighted by Crippen LogP contribution is 2.25. The summed E-state index contributed by atoms with van der Waals surface area (Å²) in [4.78, 5) is 0. The molecule has 0 bridgehead atoms. The molecule has 2 rings (SSSR count). The normalized spacial score (nSPS) is 36.7. The van der Waals surface area contributed by atoms with Crippen molar-refractivity contribution >= 4 is 11.8 Å².